The van der Waals surface area contributed by atoms with Crippen LogP contribution in [-0.2, 0) is 16.0 Å². The molecule has 0 fully saturated rings. The summed E-state index contributed by atoms with van der Waals surface area (Å²) >= 11 is 0. The predicted octanol–water partition coefficient (Wildman–Crippen LogP) is 11.1. The molecule has 4 aromatic carbocycles. The highest BCUT2D eigenvalue weighted by atomic mass is 16.5. The lowest BCUT2D eigenvalue weighted by molar-refractivity contribution is -0.148. The van der Waals surface area contributed by atoms with Crippen molar-refractivity contribution in [1.29, 1.82) is 0 Å². The van der Waals surface area contributed by atoms with Gasteiger partial charge in [-0.1, -0.05) is 65.0 Å². The lowest BCUT2D eigenvalue weighted by atomic mass is 10.1. The standard InChI is InChI=1S/C43H50N2O7/c1-5-13-33-14-20-36(21-15-33)44-45-37-22-27-40(32(4)30-37)52-43(48)35-18-25-39(26-19-35)51-42(47)34-16-23-38(24-17-34)49-28-11-9-7-8-10-12-29-50-41(46)31(3)6-2/h14-27,30-31H,5-13,28-29H2,1-4H3/b45-44+. The Morgan fingerprint density at radius 3 is 1.81 bits per heavy atom. The van der Waals surface area contributed by atoms with Gasteiger partial charge in [-0.25, -0.2) is 9.59 Å². The first-order chi connectivity index (χ1) is 25.2. The number of ether oxygens (including phenoxy) is 4. The molecule has 0 aliphatic carbocycles. The average Bonchev–Trinajstić information content (AvgIpc) is 3.16. The Balaban J connectivity index is 1.14. The number of carbonyl (C=O) groups is 3. The van der Waals surface area contributed by atoms with Gasteiger partial charge in [-0.3, -0.25) is 4.79 Å². The maximum absolute atomic E-state index is 12.8. The van der Waals surface area contributed by atoms with Crippen molar-refractivity contribution < 1.29 is 33.3 Å². The van der Waals surface area contributed by atoms with Crippen LogP contribution in [0, 0.1) is 12.8 Å². The van der Waals surface area contributed by atoms with Crippen molar-refractivity contribution in [1.82, 2.24) is 0 Å². The molecule has 0 heterocycles. The Labute approximate surface area is 307 Å². The van der Waals surface area contributed by atoms with Gasteiger partial charge in [-0.2, -0.15) is 10.2 Å². The van der Waals surface area contributed by atoms with E-state index < -0.39 is 11.9 Å². The Morgan fingerprint density at radius 1 is 0.635 bits per heavy atom. The maximum Gasteiger partial charge on any atom is 0.343 e. The fourth-order valence-electron chi connectivity index (χ4n) is 5.20. The van der Waals surface area contributed by atoms with Gasteiger partial charge in [0.05, 0.1) is 41.6 Å². The summed E-state index contributed by atoms with van der Waals surface area (Å²) in [6.07, 6.45) is 9.07. The average molecular weight is 707 g/mol. The third-order valence-corrected chi connectivity index (χ3v) is 8.57. The SMILES string of the molecule is CCCc1ccc(/N=N/c2ccc(OC(=O)c3ccc(OC(=O)c4ccc(OCCCCCCCCOC(=O)C(C)CC)cc4)cc3)c(C)c2)cc1. The molecule has 1 atom stereocenters. The zero-order valence-electron chi connectivity index (χ0n) is 30.8. The van der Waals surface area contributed by atoms with Crippen LogP contribution in [0.4, 0.5) is 11.4 Å². The second-order valence-corrected chi connectivity index (χ2v) is 12.8. The second kappa shape index (κ2) is 21.1. The molecule has 0 aromatic heterocycles. The van der Waals surface area contributed by atoms with Crippen LogP contribution in [0.25, 0.3) is 0 Å². The number of benzene rings is 4. The molecular weight excluding hydrogens is 656 g/mol. The van der Waals surface area contributed by atoms with Gasteiger partial charge < -0.3 is 18.9 Å². The summed E-state index contributed by atoms with van der Waals surface area (Å²) < 4.78 is 22.2. The lowest BCUT2D eigenvalue weighted by Gasteiger charge is -2.09. The summed E-state index contributed by atoms with van der Waals surface area (Å²) in [5, 5.41) is 8.63. The van der Waals surface area contributed by atoms with Crippen LogP contribution < -0.4 is 14.2 Å². The van der Waals surface area contributed by atoms with E-state index in [1.54, 1.807) is 60.7 Å². The summed E-state index contributed by atoms with van der Waals surface area (Å²) in [6.45, 7) is 8.96. The normalized spacial score (nSPS) is 11.6. The molecule has 0 N–H and O–H groups in total. The van der Waals surface area contributed by atoms with E-state index in [2.05, 4.69) is 29.3 Å². The molecular formula is C43H50N2O7. The fourth-order valence-corrected chi connectivity index (χ4v) is 5.20. The Bertz CT molecular complexity index is 1750. The molecule has 274 valence electrons. The predicted molar refractivity (Wildman–Crippen MR) is 202 cm³/mol. The van der Waals surface area contributed by atoms with E-state index in [-0.39, 0.29) is 11.9 Å². The van der Waals surface area contributed by atoms with Gasteiger partial charge in [-0.05, 0) is 123 Å². The number of esters is 3. The number of aryl methyl sites for hydroxylation is 2. The van der Waals surface area contributed by atoms with Gasteiger partial charge in [0.25, 0.3) is 0 Å². The molecule has 9 nitrogen and oxygen atoms in total. The first-order valence-corrected chi connectivity index (χ1v) is 18.3. The topological polar surface area (TPSA) is 113 Å². The van der Waals surface area contributed by atoms with Gasteiger partial charge in [0, 0.05) is 0 Å². The number of unbranched alkanes of at least 4 members (excludes halogenated alkanes) is 5. The van der Waals surface area contributed by atoms with E-state index in [1.807, 2.05) is 39.0 Å². The second-order valence-electron chi connectivity index (χ2n) is 12.8. The number of carbonyl (C=O) groups excluding carboxylic acids is 3. The summed E-state index contributed by atoms with van der Waals surface area (Å²) in [5.41, 5.74) is 4.13. The molecule has 0 spiro atoms. The van der Waals surface area contributed by atoms with Crippen LogP contribution >= 0.6 is 0 Å². The molecule has 0 aliphatic heterocycles. The van der Waals surface area contributed by atoms with Crippen molar-refractivity contribution in [2.24, 2.45) is 16.1 Å². The zero-order chi connectivity index (χ0) is 37.1. The first kappa shape index (κ1) is 39.5. The van der Waals surface area contributed by atoms with Crippen molar-refractivity contribution in [3.05, 3.63) is 113 Å². The summed E-state index contributed by atoms with van der Waals surface area (Å²) in [5.74, 6) is 0.230. The van der Waals surface area contributed by atoms with E-state index in [4.69, 9.17) is 18.9 Å². The molecule has 1 unspecified atom stereocenters. The minimum atomic E-state index is -0.533. The molecule has 9 heteroatoms. The largest absolute Gasteiger partial charge is 0.494 e. The summed E-state index contributed by atoms with van der Waals surface area (Å²) in [7, 11) is 0. The Kier molecular flexibility index (Phi) is 16.1. The molecule has 0 amide bonds. The minimum absolute atomic E-state index is 0.0271. The van der Waals surface area contributed by atoms with Crippen molar-refractivity contribution in [2.45, 2.75) is 85.5 Å². The van der Waals surface area contributed by atoms with Gasteiger partial charge in [0.1, 0.15) is 17.2 Å². The monoisotopic (exact) mass is 706 g/mol. The van der Waals surface area contributed by atoms with E-state index in [9.17, 15) is 14.4 Å². The first-order valence-electron chi connectivity index (χ1n) is 18.3. The maximum atomic E-state index is 12.8. The van der Waals surface area contributed by atoms with Crippen molar-refractivity contribution in [3.8, 4) is 17.2 Å². The molecule has 52 heavy (non-hydrogen) atoms. The fraction of sp³-hybridized carbons (Fsp3) is 0.372. The molecule has 4 aromatic rings. The van der Waals surface area contributed by atoms with Crippen molar-refractivity contribution >= 4 is 29.3 Å². The third-order valence-electron chi connectivity index (χ3n) is 8.57. The van der Waals surface area contributed by atoms with Gasteiger partial charge in [-0.15, -0.1) is 0 Å². The van der Waals surface area contributed by atoms with E-state index >= 15 is 0 Å². The van der Waals surface area contributed by atoms with E-state index in [0.717, 1.165) is 69.0 Å². The smallest absolute Gasteiger partial charge is 0.343 e. The minimum Gasteiger partial charge on any atom is -0.494 e. The Hall–Kier alpha value is -5.31. The Morgan fingerprint density at radius 2 is 1.19 bits per heavy atom. The molecule has 4 rings (SSSR count). The quantitative estimate of drug-likeness (QED) is 0.0389. The molecule has 0 bridgehead atoms. The summed E-state index contributed by atoms with van der Waals surface area (Å²) in [6, 6.07) is 26.3. The molecule has 0 saturated heterocycles. The number of hydrogen-bond acceptors (Lipinski definition) is 9. The van der Waals surface area contributed by atoms with Gasteiger partial charge in [0.2, 0.25) is 0 Å². The zero-order valence-corrected chi connectivity index (χ0v) is 30.8. The number of nitrogens with zero attached hydrogens (tertiary/aromatic N) is 2. The van der Waals surface area contributed by atoms with Crippen LogP contribution in [0.1, 0.15) is 104 Å². The van der Waals surface area contributed by atoms with Crippen molar-refractivity contribution in [3.63, 3.8) is 0 Å². The highest BCUT2D eigenvalue weighted by molar-refractivity contribution is 5.93. The number of rotatable bonds is 20. The molecule has 0 radical (unpaired) electrons. The third kappa shape index (κ3) is 13.1. The van der Waals surface area contributed by atoms with Crippen LogP contribution in [-0.4, -0.2) is 31.1 Å². The number of azo groups is 1. The van der Waals surface area contributed by atoms with Gasteiger partial charge in [0.15, 0.2) is 0 Å². The van der Waals surface area contributed by atoms with E-state index in [0.29, 0.717) is 47.3 Å². The van der Waals surface area contributed by atoms with Crippen LogP contribution in [0.5, 0.6) is 17.2 Å². The van der Waals surface area contributed by atoms with Crippen molar-refractivity contribution in [2.75, 3.05) is 13.2 Å². The van der Waals surface area contributed by atoms with Crippen LogP contribution in [0.15, 0.2) is 101 Å². The van der Waals surface area contributed by atoms with E-state index in [1.165, 1.54) is 5.56 Å². The highest BCUT2D eigenvalue weighted by Crippen LogP contribution is 2.27. The summed E-state index contributed by atoms with van der Waals surface area (Å²) in [4.78, 5) is 37.3. The number of hydrogen-bond donors (Lipinski definition) is 0. The lowest BCUT2D eigenvalue weighted by Crippen LogP contribution is -2.14. The van der Waals surface area contributed by atoms with Crippen LogP contribution in [0.3, 0.4) is 0 Å². The van der Waals surface area contributed by atoms with Gasteiger partial charge >= 0.3 is 17.9 Å². The van der Waals surface area contributed by atoms with Crippen LogP contribution in [0.2, 0.25) is 0 Å². The molecule has 0 saturated carbocycles. The molecule has 0 aliphatic rings. The highest BCUT2D eigenvalue weighted by Gasteiger charge is 2.14.